The van der Waals surface area contributed by atoms with Crippen molar-refractivity contribution in [1.82, 2.24) is 4.98 Å². The zero-order chi connectivity index (χ0) is 12.4. The topological polar surface area (TPSA) is 96.4 Å². The van der Waals surface area contributed by atoms with E-state index in [-0.39, 0.29) is 17.0 Å². The lowest BCUT2D eigenvalue weighted by atomic mass is 10.1. The van der Waals surface area contributed by atoms with Gasteiger partial charge < -0.3 is 15.9 Å². The summed E-state index contributed by atoms with van der Waals surface area (Å²) < 4.78 is 0. The largest absolute Gasteiger partial charge is 0.505 e. The molecule has 0 aliphatic heterocycles. The number of phenols is 1. The lowest BCUT2D eigenvalue weighted by molar-refractivity contribution is 0.0697. The smallest absolute Gasteiger partial charge is 0.335 e. The van der Waals surface area contributed by atoms with Crippen LogP contribution in [-0.2, 0) is 0 Å². The fraction of sp³-hybridized carbons (Fsp3) is 0. The maximum atomic E-state index is 10.8. The number of anilines is 1. The SMILES string of the molecule is Nc1cccc(-c2cc(C(=O)O)ccn2)c1O. The number of aromatic nitrogens is 1. The Morgan fingerprint density at radius 3 is 2.76 bits per heavy atom. The predicted molar refractivity (Wildman–Crippen MR) is 62.7 cm³/mol. The van der Waals surface area contributed by atoms with Gasteiger partial charge in [0.15, 0.2) is 0 Å². The molecule has 2 rings (SSSR count). The minimum atomic E-state index is -1.04. The molecule has 1 aromatic heterocycles. The van der Waals surface area contributed by atoms with Crippen LogP contribution in [0.5, 0.6) is 5.75 Å². The van der Waals surface area contributed by atoms with Gasteiger partial charge in [-0.3, -0.25) is 4.98 Å². The van der Waals surface area contributed by atoms with Gasteiger partial charge in [0.25, 0.3) is 0 Å². The molecule has 0 unspecified atom stereocenters. The van der Waals surface area contributed by atoms with Gasteiger partial charge in [-0.2, -0.15) is 0 Å². The maximum absolute atomic E-state index is 10.8. The highest BCUT2D eigenvalue weighted by Crippen LogP contribution is 2.32. The van der Waals surface area contributed by atoms with E-state index in [9.17, 15) is 9.90 Å². The molecule has 17 heavy (non-hydrogen) atoms. The third-order valence-electron chi connectivity index (χ3n) is 2.35. The summed E-state index contributed by atoms with van der Waals surface area (Å²) in [4.78, 5) is 14.8. The molecule has 0 radical (unpaired) electrons. The molecule has 0 saturated carbocycles. The predicted octanol–water partition coefficient (Wildman–Crippen LogP) is 1.73. The van der Waals surface area contributed by atoms with Gasteiger partial charge in [0.2, 0.25) is 0 Å². The van der Waals surface area contributed by atoms with E-state index in [1.807, 2.05) is 0 Å². The fourth-order valence-corrected chi connectivity index (χ4v) is 1.48. The van der Waals surface area contributed by atoms with Gasteiger partial charge in [-0.15, -0.1) is 0 Å². The van der Waals surface area contributed by atoms with E-state index in [2.05, 4.69) is 4.98 Å². The number of carbonyl (C=O) groups is 1. The average molecular weight is 230 g/mol. The molecule has 2 aromatic rings. The first-order valence-electron chi connectivity index (χ1n) is 4.87. The standard InChI is InChI=1S/C12H10N2O3/c13-9-3-1-2-8(11(9)15)10-6-7(12(16)17)4-5-14-10/h1-6,15H,13H2,(H,16,17). The third kappa shape index (κ3) is 2.03. The first-order valence-corrected chi connectivity index (χ1v) is 4.87. The zero-order valence-corrected chi connectivity index (χ0v) is 8.79. The summed E-state index contributed by atoms with van der Waals surface area (Å²) >= 11 is 0. The normalized spacial score (nSPS) is 10.1. The van der Waals surface area contributed by atoms with Crippen LogP contribution in [-0.4, -0.2) is 21.2 Å². The van der Waals surface area contributed by atoms with Crippen LogP contribution in [0.25, 0.3) is 11.3 Å². The summed E-state index contributed by atoms with van der Waals surface area (Å²) in [7, 11) is 0. The van der Waals surface area contributed by atoms with Gasteiger partial charge in [0.05, 0.1) is 16.9 Å². The van der Waals surface area contributed by atoms with Crippen LogP contribution in [0.1, 0.15) is 10.4 Å². The molecule has 0 saturated heterocycles. The van der Waals surface area contributed by atoms with E-state index in [1.54, 1.807) is 18.2 Å². The number of hydrogen-bond acceptors (Lipinski definition) is 4. The van der Waals surface area contributed by atoms with E-state index in [0.29, 0.717) is 11.3 Å². The van der Waals surface area contributed by atoms with Crippen molar-refractivity contribution in [2.75, 3.05) is 5.73 Å². The van der Waals surface area contributed by atoms with Crippen LogP contribution >= 0.6 is 0 Å². The van der Waals surface area contributed by atoms with Crippen molar-refractivity contribution in [2.45, 2.75) is 0 Å². The van der Waals surface area contributed by atoms with Crippen molar-refractivity contribution >= 4 is 11.7 Å². The van der Waals surface area contributed by atoms with E-state index >= 15 is 0 Å². The average Bonchev–Trinajstić information content (AvgIpc) is 2.33. The van der Waals surface area contributed by atoms with Crippen molar-refractivity contribution in [1.29, 1.82) is 0 Å². The fourth-order valence-electron chi connectivity index (χ4n) is 1.48. The van der Waals surface area contributed by atoms with Crippen LogP contribution in [0.15, 0.2) is 36.5 Å². The molecule has 0 aliphatic rings. The number of nitrogen functional groups attached to an aromatic ring is 1. The van der Waals surface area contributed by atoms with Crippen molar-refractivity contribution in [2.24, 2.45) is 0 Å². The molecule has 5 heteroatoms. The molecule has 4 N–H and O–H groups in total. The maximum Gasteiger partial charge on any atom is 0.335 e. The summed E-state index contributed by atoms with van der Waals surface area (Å²) in [5, 5.41) is 18.6. The summed E-state index contributed by atoms with van der Waals surface area (Å²) in [6.07, 6.45) is 1.38. The molecule has 5 nitrogen and oxygen atoms in total. The van der Waals surface area contributed by atoms with E-state index in [1.165, 1.54) is 18.3 Å². The van der Waals surface area contributed by atoms with Gasteiger partial charge in [-0.05, 0) is 24.3 Å². The summed E-state index contributed by atoms with van der Waals surface area (Å²) in [5.74, 6) is -1.14. The Labute approximate surface area is 97.2 Å². The molecule has 0 fully saturated rings. The summed E-state index contributed by atoms with van der Waals surface area (Å²) in [6.45, 7) is 0. The minimum absolute atomic E-state index is 0.0949. The molecule has 0 bridgehead atoms. The molecule has 0 aliphatic carbocycles. The lowest BCUT2D eigenvalue weighted by Crippen LogP contribution is -1.97. The highest BCUT2D eigenvalue weighted by molar-refractivity contribution is 5.89. The molecule has 86 valence electrons. The quantitative estimate of drug-likeness (QED) is 0.539. The van der Waals surface area contributed by atoms with Gasteiger partial charge in [0.1, 0.15) is 5.75 Å². The number of aromatic carboxylic acids is 1. The monoisotopic (exact) mass is 230 g/mol. The van der Waals surface area contributed by atoms with Crippen LogP contribution < -0.4 is 5.73 Å². The summed E-state index contributed by atoms with van der Waals surface area (Å²) in [6, 6.07) is 7.62. The number of phenolic OH excluding ortho intramolecular Hbond substituents is 1. The molecule has 1 heterocycles. The number of aromatic hydroxyl groups is 1. The molecular formula is C12H10N2O3. The van der Waals surface area contributed by atoms with Gasteiger partial charge in [0, 0.05) is 11.8 Å². The Balaban J connectivity index is 2.57. The first-order chi connectivity index (χ1) is 8.09. The van der Waals surface area contributed by atoms with Gasteiger partial charge >= 0.3 is 5.97 Å². The zero-order valence-electron chi connectivity index (χ0n) is 8.79. The van der Waals surface area contributed by atoms with Crippen molar-refractivity contribution in [3.63, 3.8) is 0 Å². The van der Waals surface area contributed by atoms with Crippen LogP contribution in [0.4, 0.5) is 5.69 Å². The van der Waals surface area contributed by atoms with E-state index in [4.69, 9.17) is 10.8 Å². The molecule has 1 aromatic carbocycles. The second-order valence-electron chi connectivity index (χ2n) is 3.48. The number of nitrogens with two attached hydrogens (primary N) is 1. The summed E-state index contributed by atoms with van der Waals surface area (Å²) in [5.41, 5.74) is 6.68. The van der Waals surface area contributed by atoms with Crippen molar-refractivity contribution in [3.05, 3.63) is 42.1 Å². The molecule has 0 atom stereocenters. The Bertz CT molecular complexity index is 582. The number of benzene rings is 1. The molecular weight excluding hydrogens is 220 g/mol. The minimum Gasteiger partial charge on any atom is -0.505 e. The Morgan fingerprint density at radius 2 is 2.06 bits per heavy atom. The highest BCUT2D eigenvalue weighted by Gasteiger charge is 2.10. The Kier molecular flexibility index (Phi) is 2.66. The highest BCUT2D eigenvalue weighted by atomic mass is 16.4. The van der Waals surface area contributed by atoms with E-state index < -0.39 is 5.97 Å². The second-order valence-corrected chi connectivity index (χ2v) is 3.48. The lowest BCUT2D eigenvalue weighted by Gasteiger charge is -2.06. The number of carboxylic acid groups (broad SMARTS) is 1. The number of para-hydroxylation sites is 1. The van der Waals surface area contributed by atoms with E-state index in [0.717, 1.165) is 0 Å². The van der Waals surface area contributed by atoms with Gasteiger partial charge in [-0.1, -0.05) is 6.07 Å². The Morgan fingerprint density at radius 1 is 1.29 bits per heavy atom. The van der Waals surface area contributed by atoms with Crippen molar-refractivity contribution in [3.8, 4) is 17.0 Å². The number of carboxylic acids is 1. The second kappa shape index (κ2) is 4.13. The third-order valence-corrected chi connectivity index (χ3v) is 2.35. The van der Waals surface area contributed by atoms with Crippen LogP contribution in [0.3, 0.4) is 0 Å². The number of pyridine rings is 1. The van der Waals surface area contributed by atoms with Crippen LogP contribution in [0.2, 0.25) is 0 Å². The molecule has 0 amide bonds. The molecule has 0 spiro atoms. The number of nitrogens with zero attached hydrogens (tertiary/aromatic N) is 1. The number of rotatable bonds is 2. The Hall–Kier alpha value is -2.56. The van der Waals surface area contributed by atoms with Crippen LogP contribution in [0, 0.1) is 0 Å². The first kappa shape index (κ1) is 10.9. The van der Waals surface area contributed by atoms with Crippen molar-refractivity contribution < 1.29 is 15.0 Å². The number of hydrogen-bond donors (Lipinski definition) is 3. The van der Waals surface area contributed by atoms with Gasteiger partial charge in [-0.25, -0.2) is 4.79 Å².